The van der Waals surface area contributed by atoms with Crippen molar-refractivity contribution in [2.24, 2.45) is 7.05 Å². The van der Waals surface area contributed by atoms with Gasteiger partial charge in [-0.2, -0.15) is 13.2 Å². The number of carboxylic acid groups (broad SMARTS) is 1. The number of amides is 1. The molecule has 0 radical (unpaired) electrons. The number of hydrogen-bond acceptors (Lipinski definition) is 4. The lowest BCUT2D eigenvalue weighted by atomic mass is 10.2. The van der Waals surface area contributed by atoms with Crippen LogP contribution in [0.5, 0.6) is 0 Å². The van der Waals surface area contributed by atoms with E-state index in [0.29, 0.717) is 0 Å². The largest absolute Gasteiger partial charge is 0.481 e. The molecule has 2 N–H and O–H groups in total. The normalized spacial score (nSPS) is 13.1. The predicted octanol–water partition coefficient (Wildman–Crippen LogP) is -0.0495. The minimum Gasteiger partial charge on any atom is -0.481 e. The van der Waals surface area contributed by atoms with E-state index in [9.17, 15) is 22.8 Å². The molecule has 0 aliphatic carbocycles. The zero-order valence-corrected chi connectivity index (χ0v) is 9.10. The van der Waals surface area contributed by atoms with Crippen LogP contribution in [0.3, 0.4) is 0 Å². The molecule has 1 atom stereocenters. The number of rotatable bonds is 4. The van der Waals surface area contributed by atoms with Crippen molar-refractivity contribution >= 4 is 11.9 Å². The molecule has 7 nitrogen and oxygen atoms in total. The molecule has 1 aromatic heterocycles. The van der Waals surface area contributed by atoms with Crippen molar-refractivity contribution in [2.75, 3.05) is 0 Å². The summed E-state index contributed by atoms with van der Waals surface area (Å²) in [5, 5.41) is 16.6. The van der Waals surface area contributed by atoms with Gasteiger partial charge in [0.1, 0.15) is 6.04 Å². The number of alkyl halides is 3. The number of carboxylic acids is 1. The SMILES string of the molecule is Cn1cc(C(=O)NC(CC(=O)O)C(F)(F)F)nn1. The molecule has 0 spiro atoms. The summed E-state index contributed by atoms with van der Waals surface area (Å²) >= 11 is 0. The molecule has 18 heavy (non-hydrogen) atoms. The Morgan fingerprint density at radius 3 is 2.56 bits per heavy atom. The van der Waals surface area contributed by atoms with E-state index in [-0.39, 0.29) is 5.69 Å². The van der Waals surface area contributed by atoms with Gasteiger partial charge in [-0.3, -0.25) is 14.3 Å². The molecule has 0 bridgehead atoms. The third kappa shape index (κ3) is 3.71. The van der Waals surface area contributed by atoms with Gasteiger partial charge >= 0.3 is 12.1 Å². The van der Waals surface area contributed by atoms with Gasteiger partial charge in [-0.05, 0) is 0 Å². The quantitative estimate of drug-likeness (QED) is 0.796. The van der Waals surface area contributed by atoms with Crippen molar-refractivity contribution in [3.05, 3.63) is 11.9 Å². The molecule has 1 aromatic rings. The lowest BCUT2D eigenvalue weighted by Gasteiger charge is -2.19. The minimum atomic E-state index is -4.85. The summed E-state index contributed by atoms with van der Waals surface area (Å²) in [6.07, 6.45) is -4.99. The Hall–Kier alpha value is -2.13. The Morgan fingerprint density at radius 2 is 2.17 bits per heavy atom. The third-order valence-electron chi connectivity index (χ3n) is 1.91. The Labute approximate surface area is 98.6 Å². The topological polar surface area (TPSA) is 97.1 Å². The third-order valence-corrected chi connectivity index (χ3v) is 1.91. The van der Waals surface area contributed by atoms with Gasteiger partial charge in [0.25, 0.3) is 5.91 Å². The smallest absolute Gasteiger partial charge is 0.409 e. The van der Waals surface area contributed by atoms with Crippen LogP contribution in [0.1, 0.15) is 16.9 Å². The number of nitrogens with zero attached hydrogens (tertiary/aromatic N) is 3. The monoisotopic (exact) mass is 266 g/mol. The van der Waals surface area contributed by atoms with Crippen LogP contribution in [0.15, 0.2) is 6.20 Å². The molecule has 10 heteroatoms. The van der Waals surface area contributed by atoms with Crippen LogP contribution in [0.2, 0.25) is 0 Å². The molecular formula is C8H9F3N4O3. The van der Waals surface area contributed by atoms with E-state index in [4.69, 9.17) is 5.11 Å². The van der Waals surface area contributed by atoms with E-state index in [0.717, 1.165) is 10.9 Å². The number of halogens is 3. The highest BCUT2D eigenvalue weighted by atomic mass is 19.4. The average Bonchev–Trinajstić information content (AvgIpc) is 2.61. The first-order valence-corrected chi connectivity index (χ1v) is 4.66. The summed E-state index contributed by atoms with van der Waals surface area (Å²) < 4.78 is 38.5. The molecule has 100 valence electrons. The summed E-state index contributed by atoms with van der Waals surface area (Å²) in [5.41, 5.74) is -0.322. The van der Waals surface area contributed by atoms with Gasteiger partial charge in [-0.15, -0.1) is 5.10 Å². The second-order valence-corrected chi connectivity index (χ2v) is 3.44. The standard InChI is InChI=1S/C8H9F3N4O3/c1-15-3-4(13-14-15)7(18)12-5(2-6(16)17)8(9,10)11/h3,5H,2H2,1H3,(H,12,18)(H,16,17). The zero-order chi connectivity index (χ0) is 13.9. The summed E-state index contributed by atoms with van der Waals surface area (Å²) in [6.45, 7) is 0. The van der Waals surface area contributed by atoms with Crippen molar-refractivity contribution in [1.82, 2.24) is 20.3 Å². The Morgan fingerprint density at radius 1 is 1.56 bits per heavy atom. The van der Waals surface area contributed by atoms with E-state index in [1.165, 1.54) is 7.05 Å². The number of nitrogens with one attached hydrogen (secondary N) is 1. The van der Waals surface area contributed by atoms with Crippen LogP contribution in [0, 0.1) is 0 Å². The fourth-order valence-electron chi connectivity index (χ4n) is 1.11. The summed E-state index contributed by atoms with van der Waals surface area (Å²) in [5.74, 6) is -2.80. The predicted molar refractivity (Wildman–Crippen MR) is 50.6 cm³/mol. The van der Waals surface area contributed by atoms with Gasteiger partial charge in [0, 0.05) is 7.05 Å². The molecular weight excluding hydrogens is 257 g/mol. The molecule has 1 unspecified atom stereocenters. The maximum absolute atomic E-state index is 12.4. The van der Waals surface area contributed by atoms with E-state index in [2.05, 4.69) is 10.3 Å². The number of carbonyl (C=O) groups is 2. The number of aromatic nitrogens is 3. The fraction of sp³-hybridized carbons (Fsp3) is 0.500. The van der Waals surface area contributed by atoms with Crippen molar-refractivity contribution in [3.63, 3.8) is 0 Å². The molecule has 0 aromatic carbocycles. The molecule has 0 saturated carbocycles. The van der Waals surface area contributed by atoms with Crippen LogP contribution < -0.4 is 5.32 Å². The van der Waals surface area contributed by atoms with Gasteiger partial charge in [0.2, 0.25) is 0 Å². The van der Waals surface area contributed by atoms with Crippen molar-refractivity contribution in [1.29, 1.82) is 0 Å². The number of aliphatic carboxylic acids is 1. The lowest BCUT2D eigenvalue weighted by molar-refractivity contribution is -0.165. The molecule has 1 heterocycles. The van der Waals surface area contributed by atoms with Gasteiger partial charge < -0.3 is 10.4 Å². The number of carbonyl (C=O) groups excluding carboxylic acids is 1. The highest BCUT2D eigenvalue weighted by Crippen LogP contribution is 2.22. The van der Waals surface area contributed by atoms with Crippen LogP contribution >= 0.6 is 0 Å². The fourth-order valence-corrected chi connectivity index (χ4v) is 1.11. The Kier molecular flexibility index (Phi) is 3.89. The van der Waals surface area contributed by atoms with Gasteiger partial charge in [0.15, 0.2) is 5.69 Å². The van der Waals surface area contributed by atoms with E-state index >= 15 is 0 Å². The number of hydrogen-bond donors (Lipinski definition) is 2. The molecule has 1 amide bonds. The number of aryl methyl sites for hydroxylation is 1. The Balaban J connectivity index is 2.78. The first kappa shape index (κ1) is 13.9. The van der Waals surface area contributed by atoms with Crippen LogP contribution in [0.25, 0.3) is 0 Å². The van der Waals surface area contributed by atoms with Crippen molar-refractivity contribution < 1.29 is 27.9 Å². The summed E-state index contributed by atoms with van der Waals surface area (Å²) in [4.78, 5) is 21.7. The summed E-state index contributed by atoms with van der Waals surface area (Å²) in [6, 6.07) is -2.47. The first-order chi connectivity index (χ1) is 8.20. The van der Waals surface area contributed by atoms with Crippen molar-refractivity contribution in [2.45, 2.75) is 18.6 Å². The van der Waals surface area contributed by atoms with Crippen LogP contribution in [0.4, 0.5) is 13.2 Å². The molecule has 0 aliphatic heterocycles. The second kappa shape index (κ2) is 5.02. The van der Waals surface area contributed by atoms with E-state index in [1.807, 2.05) is 0 Å². The van der Waals surface area contributed by atoms with Crippen LogP contribution in [-0.2, 0) is 11.8 Å². The average molecular weight is 266 g/mol. The van der Waals surface area contributed by atoms with Gasteiger partial charge in [-0.25, -0.2) is 0 Å². The maximum atomic E-state index is 12.4. The maximum Gasteiger partial charge on any atom is 0.409 e. The molecule has 0 aliphatic rings. The second-order valence-electron chi connectivity index (χ2n) is 3.44. The molecule has 0 saturated heterocycles. The van der Waals surface area contributed by atoms with Crippen molar-refractivity contribution in [3.8, 4) is 0 Å². The molecule has 0 fully saturated rings. The molecule has 1 rings (SSSR count). The highest BCUT2D eigenvalue weighted by Gasteiger charge is 2.42. The minimum absolute atomic E-state index is 0.322. The summed E-state index contributed by atoms with van der Waals surface area (Å²) in [7, 11) is 1.43. The van der Waals surface area contributed by atoms with Gasteiger partial charge in [-0.1, -0.05) is 5.21 Å². The lowest BCUT2D eigenvalue weighted by Crippen LogP contribution is -2.46. The van der Waals surface area contributed by atoms with Gasteiger partial charge in [0.05, 0.1) is 12.6 Å². The van der Waals surface area contributed by atoms with E-state index in [1.54, 1.807) is 5.32 Å². The first-order valence-electron chi connectivity index (χ1n) is 4.66. The van der Waals surface area contributed by atoms with E-state index < -0.39 is 30.5 Å². The Bertz CT molecular complexity index is 457. The highest BCUT2D eigenvalue weighted by molar-refractivity contribution is 5.92. The van der Waals surface area contributed by atoms with Crippen LogP contribution in [-0.4, -0.2) is 44.2 Å². The zero-order valence-electron chi connectivity index (χ0n) is 9.10.